The zero-order valence-electron chi connectivity index (χ0n) is 9.87. The van der Waals surface area contributed by atoms with Gasteiger partial charge in [0.15, 0.2) is 0 Å². The molecular formula is C9H21N3O2S. The van der Waals surface area contributed by atoms with E-state index in [2.05, 4.69) is 10.0 Å². The van der Waals surface area contributed by atoms with Crippen LogP contribution < -0.4 is 10.0 Å². The summed E-state index contributed by atoms with van der Waals surface area (Å²) in [5, 5.41) is 3.21. The van der Waals surface area contributed by atoms with E-state index < -0.39 is 15.7 Å². The Balaban J connectivity index is 2.69. The number of nitrogens with one attached hydrogen (secondary N) is 2. The van der Waals surface area contributed by atoms with Gasteiger partial charge in [0.05, 0.1) is 0 Å². The smallest absolute Gasteiger partial charge is 0.280 e. The molecule has 6 heteroatoms. The van der Waals surface area contributed by atoms with Gasteiger partial charge in [0.25, 0.3) is 10.2 Å². The lowest BCUT2D eigenvalue weighted by molar-refractivity contribution is 0.301. The second kappa shape index (κ2) is 4.37. The fraction of sp³-hybridized carbons (Fsp3) is 1.00. The van der Waals surface area contributed by atoms with Crippen LogP contribution in [0.1, 0.15) is 27.7 Å². The molecule has 1 saturated heterocycles. The fourth-order valence-electron chi connectivity index (χ4n) is 1.57. The normalized spacial score (nSPS) is 25.5. The first-order chi connectivity index (χ1) is 6.71. The van der Waals surface area contributed by atoms with E-state index in [1.807, 2.05) is 27.7 Å². The van der Waals surface area contributed by atoms with Gasteiger partial charge in [-0.15, -0.1) is 0 Å². The monoisotopic (exact) mass is 235 g/mol. The average Bonchev–Trinajstić information content (AvgIpc) is 1.99. The zero-order chi connectivity index (χ0) is 11.7. The quantitative estimate of drug-likeness (QED) is 0.703. The topological polar surface area (TPSA) is 61.4 Å². The highest BCUT2D eigenvalue weighted by atomic mass is 32.2. The number of nitrogens with zero attached hydrogens (tertiary/aromatic N) is 1. The summed E-state index contributed by atoms with van der Waals surface area (Å²) >= 11 is 0. The Bertz CT molecular complexity index is 308. The van der Waals surface area contributed by atoms with E-state index in [1.165, 1.54) is 4.31 Å². The van der Waals surface area contributed by atoms with Crippen LogP contribution in [0.15, 0.2) is 0 Å². The van der Waals surface area contributed by atoms with Crippen LogP contribution in [-0.2, 0) is 10.2 Å². The molecule has 0 spiro atoms. The highest BCUT2D eigenvalue weighted by Crippen LogP contribution is 2.09. The largest absolute Gasteiger partial charge is 0.312 e. The highest BCUT2D eigenvalue weighted by molar-refractivity contribution is 7.87. The van der Waals surface area contributed by atoms with Crippen molar-refractivity contribution < 1.29 is 8.42 Å². The summed E-state index contributed by atoms with van der Waals surface area (Å²) in [6, 6.07) is 0.218. The first kappa shape index (κ1) is 12.9. The molecule has 1 fully saturated rings. The Morgan fingerprint density at radius 3 is 2.47 bits per heavy atom. The molecule has 15 heavy (non-hydrogen) atoms. The Hall–Kier alpha value is -0.170. The minimum absolute atomic E-state index is 0.218. The highest BCUT2D eigenvalue weighted by Gasteiger charge is 2.29. The van der Waals surface area contributed by atoms with E-state index in [4.69, 9.17) is 0 Å². The second-order valence-electron chi connectivity index (χ2n) is 5.07. The predicted octanol–water partition coefficient (Wildman–Crippen LogP) is -0.0870. The van der Waals surface area contributed by atoms with Crippen molar-refractivity contribution in [3.05, 3.63) is 0 Å². The minimum Gasteiger partial charge on any atom is -0.312 e. The lowest BCUT2D eigenvalue weighted by atomic mass is 10.1. The van der Waals surface area contributed by atoms with E-state index >= 15 is 0 Å². The molecule has 0 aliphatic carbocycles. The Labute approximate surface area is 92.4 Å². The molecule has 0 bridgehead atoms. The summed E-state index contributed by atoms with van der Waals surface area (Å²) in [6.07, 6.45) is 0. The van der Waals surface area contributed by atoms with Crippen molar-refractivity contribution in [1.82, 2.24) is 14.3 Å². The molecule has 0 aromatic heterocycles. The Morgan fingerprint density at radius 2 is 2.00 bits per heavy atom. The second-order valence-corrected chi connectivity index (χ2v) is 6.74. The molecule has 0 unspecified atom stereocenters. The molecule has 0 aromatic rings. The molecular weight excluding hydrogens is 214 g/mol. The average molecular weight is 235 g/mol. The molecule has 90 valence electrons. The lowest BCUT2D eigenvalue weighted by Crippen LogP contribution is -2.56. The number of hydrogen-bond donors (Lipinski definition) is 2. The van der Waals surface area contributed by atoms with Gasteiger partial charge in [-0.3, -0.25) is 0 Å². The maximum Gasteiger partial charge on any atom is 0.280 e. The number of piperazine rings is 1. The molecule has 0 radical (unpaired) electrons. The molecule has 1 rings (SSSR count). The van der Waals surface area contributed by atoms with Gasteiger partial charge in [0.1, 0.15) is 0 Å². The standard InChI is InChI=1S/C9H21N3O2S/c1-8-7-12(6-5-10-8)15(13,14)11-9(2,3)4/h8,10-11H,5-7H2,1-4H3/t8-/m0/s1. The molecule has 0 saturated carbocycles. The first-order valence-corrected chi connectivity index (χ1v) is 6.67. The van der Waals surface area contributed by atoms with Crippen molar-refractivity contribution in [3.8, 4) is 0 Å². The molecule has 1 aliphatic rings. The number of hydrogen-bond acceptors (Lipinski definition) is 3. The van der Waals surface area contributed by atoms with Crippen LogP contribution in [0.3, 0.4) is 0 Å². The van der Waals surface area contributed by atoms with Crippen LogP contribution in [0.5, 0.6) is 0 Å². The van der Waals surface area contributed by atoms with E-state index in [1.54, 1.807) is 0 Å². The third-order valence-electron chi connectivity index (χ3n) is 2.11. The van der Waals surface area contributed by atoms with Gasteiger partial charge in [-0.2, -0.15) is 17.4 Å². The van der Waals surface area contributed by atoms with Gasteiger partial charge >= 0.3 is 0 Å². The SMILES string of the molecule is C[C@H]1CN(S(=O)(=O)NC(C)(C)C)CCN1. The Kier molecular flexibility index (Phi) is 3.76. The van der Waals surface area contributed by atoms with Gasteiger partial charge in [-0.1, -0.05) is 0 Å². The summed E-state index contributed by atoms with van der Waals surface area (Å²) in [5.41, 5.74) is -0.424. The molecule has 5 nitrogen and oxygen atoms in total. The minimum atomic E-state index is -3.33. The van der Waals surface area contributed by atoms with Gasteiger partial charge in [0, 0.05) is 31.2 Å². The fourth-order valence-corrected chi connectivity index (χ4v) is 3.22. The van der Waals surface area contributed by atoms with Crippen molar-refractivity contribution in [2.45, 2.75) is 39.3 Å². The van der Waals surface area contributed by atoms with Crippen molar-refractivity contribution in [2.75, 3.05) is 19.6 Å². The van der Waals surface area contributed by atoms with E-state index in [9.17, 15) is 8.42 Å². The van der Waals surface area contributed by atoms with Crippen molar-refractivity contribution in [3.63, 3.8) is 0 Å². The van der Waals surface area contributed by atoms with Gasteiger partial charge < -0.3 is 5.32 Å². The van der Waals surface area contributed by atoms with Crippen molar-refractivity contribution >= 4 is 10.2 Å². The summed E-state index contributed by atoms with van der Waals surface area (Å²) in [7, 11) is -3.33. The van der Waals surface area contributed by atoms with E-state index in [-0.39, 0.29) is 6.04 Å². The van der Waals surface area contributed by atoms with E-state index in [0.717, 1.165) is 0 Å². The van der Waals surface area contributed by atoms with Gasteiger partial charge in [-0.05, 0) is 27.7 Å². The Morgan fingerprint density at radius 1 is 1.40 bits per heavy atom. The van der Waals surface area contributed by atoms with Gasteiger partial charge in [-0.25, -0.2) is 0 Å². The third kappa shape index (κ3) is 4.06. The molecule has 0 aromatic carbocycles. The first-order valence-electron chi connectivity index (χ1n) is 5.23. The van der Waals surface area contributed by atoms with Crippen LogP contribution >= 0.6 is 0 Å². The molecule has 0 amide bonds. The summed E-state index contributed by atoms with van der Waals surface area (Å²) < 4.78 is 28.0. The van der Waals surface area contributed by atoms with E-state index in [0.29, 0.717) is 19.6 Å². The van der Waals surface area contributed by atoms with Crippen molar-refractivity contribution in [2.24, 2.45) is 0 Å². The maximum atomic E-state index is 11.9. The van der Waals surface area contributed by atoms with Gasteiger partial charge in [0.2, 0.25) is 0 Å². The van der Waals surface area contributed by atoms with Crippen LogP contribution in [0.4, 0.5) is 0 Å². The summed E-state index contributed by atoms with van der Waals surface area (Å²) in [5.74, 6) is 0. The van der Waals surface area contributed by atoms with Crippen LogP contribution in [0.2, 0.25) is 0 Å². The van der Waals surface area contributed by atoms with Crippen molar-refractivity contribution in [1.29, 1.82) is 0 Å². The van der Waals surface area contributed by atoms with Crippen LogP contribution in [-0.4, -0.2) is 43.9 Å². The predicted molar refractivity (Wildman–Crippen MR) is 60.8 cm³/mol. The lowest BCUT2D eigenvalue weighted by Gasteiger charge is -2.33. The van der Waals surface area contributed by atoms with Crippen LogP contribution in [0.25, 0.3) is 0 Å². The molecule has 1 aliphatic heterocycles. The molecule has 2 N–H and O–H groups in total. The molecule has 1 atom stereocenters. The summed E-state index contributed by atoms with van der Waals surface area (Å²) in [6.45, 7) is 9.30. The summed E-state index contributed by atoms with van der Waals surface area (Å²) in [4.78, 5) is 0. The number of rotatable bonds is 2. The zero-order valence-corrected chi connectivity index (χ0v) is 10.7. The van der Waals surface area contributed by atoms with Crippen LogP contribution in [0, 0.1) is 0 Å². The molecule has 1 heterocycles. The maximum absolute atomic E-state index is 11.9. The third-order valence-corrected chi connectivity index (χ3v) is 3.99.